The Labute approximate surface area is 182 Å². The molecular formula is C22H27N3O5S. The van der Waals surface area contributed by atoms with Crippen LogP contribution in [-0.4, -0.2) is 57.0 Å². The molecule has 1 saturated heterocycles. The largest absolute Gasteiger partial charge is 0.474 e. The summed E-state index contributed by atoms with van der Waals surface area (Å²) in [4.78, 5) is 16.9. The van der Waals surface area contributed by atoms with Crippen molar-refractivity contribution in [2.24, 2.45) is 5.92 Å². The van der Waals surface area contributed by atoms with E-state index in [1.165, 1.54) is 9.71 Å². The Morgan fingerprint density at radius 2 is 1.90 bits per heavy atom. The fraction of sp³-hybridized carbons (Fsp3) is 0.364. The van der Waals surface area contributed by atoms with Crippen LogP contribution < -0.4 is 10.1 Å². The average Bonchev–Trinajstić information content (AvgIpc) is 2.80. The standard InChI is InChI=1S/C22H27N3O5S/c1-29-15-16-30-22-20(8-5-12-23-22)24-21(26)19-9-13-25(14-10-19)31(27,28)17-11-18-6-3-2-4-7-18/h2-8,11-12,17,19H,9-10,13-16H2,1H3,(H,24,26)/b17-11+. The van der Waals surface area contributed by atoms with Gasteiger partial charge in [0.2, 0.25) is 21.8 Å². The van der Waals surface area contributed by atoms with Crippen molar-refractivity contribution < 1.29 is 22.7 Å². The number of rotatable bonds is 9. The third kappa shape index (κ3) is 6.61. The molecule has 1 aromatic carbocycles. The minimum Gasteiger partial charge on any atom is -0.474 e. The van der Waals surface area contributed by atoms with E-state index in [0.717, 1.165) is 5.56 Å². The van der Waals surface area contributed by atoms with Gasteiger partial charge >= 0.3 is 0 Å². The predicted octanol–water partition coefficient (Wildman–Crippen LogP) is 2.76. The lowest BCUT2D eigenvalue weighted by Crippen LogP contribution is -2.40. The van der Waals surface area contributed by atoms with E-state index in [4.69, 9.17) is 9.47 Å². The Hall–Kier alpha value is -2.75. The summed E-state index contributed by atoms with van der Waals surface area (Å²) in [5, 5.41) is 4.08. The molecule has 0 aliphatic carbocycles. The highest BCUT2D eigenvalue weighted by Gasteiger charge is 2.30. The van der Waals surface area contributed by atoms with Crippen LogP contribution >= 0.6 is 0 Å². The van der Waals surface area contributed by atoms with Crippen LogP contribution in [0.3, 0.4) is 0 Å². The van der Waals surface area contributed by atoms with E-state index in [9.17, 15) is 13.2 Å². The SMILES string of the molecule is COCCOc1ncccc1NC(=O)C1CCN(S(=O)(=O)/C=C/c2ccccc2)CC1. The third-order valence-corrected chi connectivity index (χ3v) is 6.54. The number of nitrogens with one attached hydrogen (secondary N) is 1. The van der Waals surface area contributed by atoms with Crippen molar-refractivity contribution in [3.05, 3.63) is 59.6 Å². The topological polar surface area (TPSA) is 97.8 Å². The van der Waals surface area contributed by atoms with E-state index < -0.39 is 10.0 Å². The van der Waals surface area contributed by atoms with E-state index in [0.29, 0.717) is 50.7 Å². The molecule has 1 fully saturated rings. The minimum absolute atomic E-state index is 0.165. The zero-order valence-electron chi connectivity index (χ0n) is 17.4. The summed E-state index contributed by atoms with van der Waals surface area (Å²) in [6.07, 6.45) is 4.07. The molecule has 1 aromatic heterocycles. The Bertz CT molecular complexity index is 987. The fourth-order valence-corrected chi connectivity index (χ4v) is 4.47. The molecule has 0 bridgehead atoms. The number of benzene rings is 1. The number of piperidine rings is 1. The Balaban J connectivity index is 1.55. The maximum Gasteiger partial charge on any atom is 0.237 e. The molecule has 1 aliphatic heterocycles. The predicted molar refractivity (Wildman–Crippen MR) is 119 cm³/mol. The van der Waals surface area contributed by atoms with Crippen LogP contribution in [0.1, 0.15) is 18.4 Å². The molecular weight excluding hydrogens is 418 g/mol. The average molecular weight is 446 g/mol. The van der Waals surface area contributed by atoms with E-state index in [1.54, 1.807) is 31.5 Å². The van der Waals surface area contributed by atoms with Crippen LogP contribution in [0.15, 0.2) is 54.1 Å². The Morgan fingerprint density at radius 1 is 1.16 bits per heavy atom. The lowest BCUT2D eigenvalue weighted by molar-refractivity contribution is -0.120. The summed E-state index contributed by atoms with van der Waals surface area (Å²) < 4.78 is 37.1. The Morgan fingerprint density at radius 3 is 2.61 bits per heavy atom. The quantitative estimate of drug-likeness (QED) is 0.596. The Kier molecular flexibility index (Phi) is 8.16. The molecule has 0 spiro atoms. The summed E-state index contributed by atoms with van der Waals surface area (Å²) in [5.74, 6) is -0.114. The lowest BCUT2D eigenvalue weighted by Gasteiger charge is -2.29. The molecule has 0 atom stereocenters. The van der Waals surface area contributed by atoms with Crippen molar-refractivity contribution in [1.29, 1.82) is 0 Å². The van der Waals surface area contributed by atoms with E-state index in [1.807, 2.05) is 30.3 Å². The first-order valence-corrected chi connectivity index (χ1v) is 11.6. The number of amides is 1. The number of pyridine rings is 1. The second-order valence-corrected chi connectivity index (χ2v) is 8.94. The summed E-state index contributed by atoms with van der Waals surface area (Å²) in [6.45, 7) is 1.33. The molecule has 0 radical (unpaired) electrons. The molecule has 9 heteroatoms. The summed E-state index contributed by atoms with van der Waals surface area (Å²) in [6, 6.07) is 12.7. The van der Waals surface area contributed by atoms with Crippen LogP contribution in [0.2, 0.25) is 0 Å². The van der Waals surface area contributed by atoms with Gasteiger partial charge in [-0.3, -0.25) is 4.79 Å². The number of aromatic nitrogens is 1. The fourth-order valence-electron chi connectivity index (χ4n) is 3.24. The maximum absolute atomic E-state index is 12.7. The number of ether oxygens (including phenoxy) is 2. The first kappa shape index (κ1) is 22.9. The number of sulfonamides is 1. The molecule has 0 unspecified atom stereocenters. The van der Waals surface area contributed by atoms with Gasteiger partial charge in [0, 0.05) is 37.7 Å². The molecule has 2 aromatic rings. The highest BCUT2D eigenvalue weighted by Crippen LogP contribution is 2.25. The number of methoxy groups -OCH3 is 1. The molecule has 0 saturated carbocycles. The van der Waals surface area contributed by atoms with Crippen LogP contribution in [0.25, 0.3) is 6.08 Å². The van der Waals surface area contributed by atoms with Crippen LogP contribution in [-0.2, 0) is 19.6 Å². The first-order chi connectivity index (χ1) is 15.0. The van der Waals surface area contributed by atoms with Gasteiger partial charge in [-0.05, 0) is 36.6 Å². The number of nitrogens with zero attached hydrogens (tertiary/aromatic N) is 2. The van der Waals surface area contributed by atoms with Gasteiger partial charge in [-0.2, -0.15) is 4.31 Å². The number of hydrogen-bond donors (Lipinski definition) is 1. The zero-order chi connectivity index (χ0) is 22.1. The number of hydrogen-bond acceptors (Lipinski definition) is 6. The van der Waals surface area contributed by atoms with E-state index in [-0.39, 0.29) is 11.8 Å². The van der Waals surface area contributed by atoms with Gasteiger partial charge in [0.05, 0.1) is 6.61 Å². The normalized spacial score (nSPS) is 15.8. The highest BCUT2D eigenvalue weighted by molar-refractivity contribution is 7.92. The lowest BCUT2D eigenvalue weighted by atomic mass is 9.97. The second kappa shape index (κ2) is 11.0. The molecule has 1 aliphatic rings. The van der Waals surface area contributed by atoms with Crippen molar-refractivity contribution in [1.82, 2.24) is 9.29 Å². The summed E-state index contributed by atoms with van der Waals surface area (Å²) >= 11 is 0. The van der Waals surface area contributed by atoms with Crippen LogP contribution in [0.4, 0.5) is 5.69 Å². The smallest absolute Gasteiger partial charge is 0.237 e. The van der Waals surface area contributed by atoms with Gasteiger partial charge in [0.1, 0.15) is 12.3 Å². The van der Waals surface area contributed by atoms with Gasteiger partial charge in [0.15, 0.2) is 0 Å². The molecule has 31 heavy (non-hydrogen) atoms. The van der Waals surface area contributed by atoms with E-state index >= 15 is 0 Å². The third-order valence-electron chi connectivity index (χ3n) is 4.97. The summed E-state index contributed by atoms with van der Waals surface area (Å²) in [7, 11) is -1.95. The van der Waals surface area contributed by atoms with E-state index in [2.05, 4.69) is 10.3 Å². The first-order valence-electron chi connectivity index (χ1n) is 10.1. The monoisotopic (exact) mass is 445 g/mol. The number of carbonyl (C=O) groups is 1. The number of carbonyl (C=O) groups excluding carboxylic acids is 1. The van der Waals surface area contributed by atoms with Crippen LogP contribution in [0.5, 0.6) is 5.88 Å². The van der Waals surface area contributed by atoms with Crippen molar-refractivity contribution in [3.8, 4) is 5.88 Å². The number of anilines is 1. The van der Waals surface area contributed by atoms with Crippen molar-refractivity contribution >= 4 is 27.7 Å². The van der Waals surface area contributed by atoms with Gasteiger partial charge in [-0.15, -0.1) is 0 Å². The molecule has 166 valence electrons. The van der Waals surface area contributed by atoms with Gasteiger partial charge < -0.3 is 14.8 Å². The van der Waals surface area contributed by atoms with Crippen LogP contribution in [0, 0.1) is 5.92 Å². The minimum atomic E-state index is -3.53. The molecule has 8 nitrogen and oxygen atoms in total. The van der Waals surface area contributed by atoms with Gasteiger partial charge in [0.25, 0.3) is 0 Å². The maximum atomic E-state index is 12.7. The molecule has 2 heterocycles. The van der Waals surface area contributed by atoms with Crippen molar-refractivity contribution in [2.75, 3.05) is 38.7 Å². The summed E-state index contributed by atoms with van der Waals surface area (Å²) in [5.41, 5.74) is 1.31. The second-order valence-electron chi connectivity index (χ2n) is 7.12. The molecule has 1 N–H and O–H groups in total. The zero-order valence-corrected chi connectivity index (χ0v) is 18.3. The van der Waals surface area contributed by atoms with Gasteiger partial charge in [-0.1, -0.05) is 30.3 Å². The highest BCUT2D eigenvalue weighted by atomic mass is 32.2. The van der Waals surface area contributed by atoms with Crippen molar-refractivity contribution in [2.45, 2.75) is 12.8 Å². The molecule has 3 rings (SSSR count). The van der Waals surface area contributed by atoms with Gasteiger partial charge in [-0.25, -0.2) is 13.4 Å². The molecule has 1 amide bonds. The van der Waals surface area contributed by atoms with Crippen molar-refractivity contribution in [3.63, 3.8) is 0 Å².